The molecule has 2 aromatic heterocycles. The summed E-state index contributed by atoms with van der Waals surface area (Å²) in [6.45, 7) is 22.6. The van der Waals surface area contributed by atoms with E-state index in [1.807, 2.05) is 0 Å². The molecule has 0 atom stereocenters. The van der Waals surface area contributed by atoms with Crippen molar-refractivity contribution in [3.8, 4) is 33.4 Å². The van der Waals surface area contributed by atoms with Crippen molar-refractivity contribution in [3.63, 3.8) is 0 Å². The zero-order valence-corrected chi connectivity index (χ0v) is 33.0. The van der Waals surface area contributed by atoms with Gasteiger partial charge >= 0.3 is 0 Å². The van der Waals surface area contributed by atoms with E-state index in [9.17, 15) is 0 Å². The maximum absolute atomic E-state index is 2.60. The fraction of sp³-hybridized carbons (Fsp3) is 0.362. The predicted molar refractivity (Wildman–Crippen MR) is 213 cm³/mol. The molecule has 0 spiro atoms. The molecule has 4 heteroatoms. The SMILES string of the molecule is Cc1cc(C)c(-c2cc(-c3c(C)cc(C)cc3C)c(CCCn3cc[n+](C)c3)c(-c3c(C)cc(C)cc3C)c2CCCn2cc[n+](C)c2)c(C)c1. The van der Waals surface area contributed by atoms with E-state index in [1.54, 1.807) is 0 Å². The zero-order chi connectivity index (χ0) is 36.6. The third-order valence-electron chi connectivity index (χ3n) is 10.7. The fourth-order valence-electron chi connectivity index (χ4n) is 8.97. The molecule has 0 fully saturated rings. The topological polar surface area (TPSA) is 17.6 Å². The molecule has 4 aromatic carbocycles. The van der Waals surface area contributed by atoms with Gasteiger partial charge in [0.1, 0.15) is 24.8 Å². The molecule has 51 heavy (non-hydrogen) atoms. The van der Waals surface area contributed by atoms with Crippen molar-refractivity contribution in [1.82, 2.24) is 9.13 Å². The minimum absolute atomic E-state index is 0.982. The van der Waals surface area contributed by atoms with Crippen molar-refractivity contribution in [2.24, 2.45) is 14.1 Å². The monoisotopic (exact) mass is 678 g/mol. The Balaban J connectivity index is 1.70. The molecule has 0 amide bonds. The van der Waals surface area contributed by atoms with Crippen LogP contribution in [0.5, 0.6) is 0 Å². The van der Waals surface area contributed by atoms with Gasteiger partial charge in [0.2, 0.25) is 12.7 Å². The molecule has 4 nitrogen and oxygen atoms in total. The summed E-state index contributed by atoms with van der Waals surface area (Å²) >= 11 is 0. The summed E-state index contributed by atoms with van der Waals surface area (Å²) in [5, 5.41) is 0. The summed E-state index contributed by atoms with van der Waals surface area (Å²) in [5.74, 6) is 0. The van der Waals surface area contributed by atoms with Gasteiger partial charge in [-0.3, -0.25) is 0 Å². The van der Waals surface area contributed by atoms with Crippen LogP contribution in [-0.4, -0.2) is 9.13 Å². The van der Waals surface area contributed by atoms with Crippen molar-refractivity contribution >= 4 is 0 Å². The summed E-state index contributed by atoms with van der Waals surface area (Å²) in [7, 11) is 4.21. The Morgan fingerprint density at radius 1 is 0.431 bits per heavy atom. The van der Waals surface area contributed by atoms with E-state index in [1.165, 1.54) is 94.6 Å². The van der Waals surface area contributed by atoms with Gasteiger partial charge < -0.3 is 0 Å². The first-order chi connectivity index (χ1) is 24.3. The average molecular weight is 679 g/mol. The highest BCUT2D eigenvalue weighted by Crippen LogP contribution is 2.47. The second kappa shape index (κ2) is 14.9. The Bertz CT molecular complexity index is 2030. The largest absolute Gasteiger partial charge is 0.243 e. The standard InChI is InChI=1S/C47H58N4/c1-31-22-34(4)44(35(5)23-31)42-28-43(45-36(6)24-32(2)25-37(45)7)41(15-13-17-51-21-19-49(11)30-51)47(46-38(8)26-33(3)27-39(46)9)40(42)14-12-16-50-20-18-48(10)29-50/h18-30H,12-17H2,1-11H3/q+2. The lowest BCUT2D eigenvalue weighted by molar-refractivity contribution is -0.671. The Kier molecular flexibility index (Phi) is 10.5. The molecule has 6 aromatic rings. The highest BCUT2D eigenvalue weighted by atomic mass is 15.1. The van der Waals surface area contributed by atoms with Crippen LogP contribution in [0, 0.1) is 62.3 Å². The van der Waals surface area contributed by atoms with Crippen molar-refractivity contribution in [1.29, 1.82) is 0 Å². The smallest absolute Gasteiger partial charge is 0.240 e. The maximum atomic E-state index is 2.60. The molecule has 2 heterocycles. The molecular formula is C47H58N4+2. The number of rotatable bonds is 11. The Labute approximate surface area is 307 Å². The molecule has 264 valence electrons. The third kappa shape index (κ3) is 7.66. The maximum Gasteiger partial charge on any atom is 0.243 e. The van der Waals surface area contributed by atoms with Gasteiger partial charge in [0, 0.05) is 0 Å². The number of benzene rings is 4. The van der Waals surface area contributed by atoms with Gasteiger partial charge in [-0.25, -0.2) is 18.3 Å². The van der Waals surface area contributed by atoms with E-state index in [2.05, 4.69) is 175 Å². The normalized spacial score (nSPS) is 11.5. The van der Waals surface area contributed by atoms with Gasteiger partial charge in [-0.15, -0.1) is 0 Å². The van der Waals surface area contributed by atoms with Crippen LogP contribution in [0.3, 0.4) is 0 Å². The minimum atomic E-state index is 0.982. The number of nitrogens with zero attached hydrogens (tertiary/aromatic N) is 4. The van der Waals surface area contributed by atoms with Crippen molar-refractivity contribution in [2.75, 3.05) is 0 Å². The fourth-order valence-corrected chi connectivity index (χ4v) is 8.97. The summed E-state index contributed by atoms with van der Waals surface area (Å²) in [6.07, 6.45) is 17.2. The second-order valence-corrected chi connectivity index (χ2v) is 15.5. The average Bonchev–Trinajstić information content (AvgIpc) is 3.64. The zero-order valence-electron chi connectivity index (χ0n) is 33.0. The molecule has 0 saturated carbocycles. The van der Waals surface area contributed by atoms with Crippen LogP contribution in [0.25, 0.3) is 33.4 Å². The molecule has 0 bridgehead atoms. The summed E-state index contributed by atoms with van der Waals surface area (Å²) in [4.78, 5) is 0. The first-order valence-corrected chi connectivity index (χ1v) is 18.8. The number of hydrogen-bond acceptors (Lipinski definition) is 0. The summed E-state index contributed by atoms with van der Waals surface area (Å²) in [6, 6.07) is 16.9. The van der Waals surface area contributed by atoms with Crippen LogP contribution in [0.4, 0.5) is 0 Å². The third-order valence-corrected chi connectivity index (χ3v) is 10.7. The van der Waals surface area contributed by atoms with E-state index >= 15 is 0 Å². The van der Waals surface area contributed by atoms with Crippen molar-refractivity contribution < 1.29 is 9.13 Å². The second-order valence-electron chi connectivity index (χ2n) is 15.5. The molecule has 0 unspecified atom stereocenters. The Morgan fingerprint density at radius 2 is 0.765 bits per heavy atom. The molecule has 0 radical (unpaired) electrons. The van der Waals surface area contributed by atoms with Crippen LogP contribution in [0.15, 0.2) is 79.9 Å². The molecule has 0 aliphatic heterocycles. The minimum Gasteiger partial charge on any atom is -0.240 e. The van der Waals surface area contributed by atoms with E-state index in [-0.39, 0.29) is 0 Å². The highest BCUT2D eigenvalue weighted by molar-refractivity contribution is 5.93. The quantitative estimate of drug-likeness (QED) is 0.121. The van der Waals surface area contributed by atoms with E-state index in [0.717, 1.165) is 38.8 Å². The Hall–Kier alpha value is -4.70. The van der Waals surface area contributed by atoms with Gasteiger partial charge in [-0.2, -0.15) is 0 Å². The molecular weight excluding hydrogens is 621 g/mol. The van der Waals surface area contributed by atoms with Gasteiger partial charge in [0.25, 0.3) is 0 Å². The van der Waals surface area contributed by atoms with E-state index in [0.29, 0.717) is 0 Å². The van der Waals surface area contributed by atoms with Gasteiger partial charge in [0.15, 0.2) is 0 Å². The molecule has 0 saturated heterocycles. The first-order valence-electron chi connectivity index (χ1n) is 18.8. The Morgan fingerprint density at radius 3 is 1.08 bits per heavy atom. The van der Waals surface area contributed by atoms with Crippen molar-refractivity contribution in [3.05, 3.63) is 141 Å². The number of imidazole rings is 2. The molecule has 0 aliphatic carbocycles. The summed E-state index contributed by atoms with van der Waals surface area (Å²) in [5.41, 5.74) is 23.5. The predicted octanol–water partition coefficient (Wildman–Crippen LogP) is 9.98. The van der Waals surface area contributed by atoms with E-state index < -0.39 is 0 Å². The first kappa shape index (κ1) is 36.1. The van der Waals surface area contributed by atoms with Crippen LogP contribution < -0.4 is 9.13 Å². The molecule has 0 aliphatic rings. The lowest BCUT2D eigenvalue weighted by Crippen LogP contribution is -2.23. The van der Waals surface area contributed by atoms with Crippen LogP contribution in [0.1, 0.15) is 74.0 Å². The highest BCUT2D eigenvalue weighted by Gasteiger charge is 2.26. The lowest BCUT2D eigenvalue weighted by atomic mass is 9.76. The molecule has 0 N–H and O–H groups in total. The number of aryl methyl sites for hydroxylation is 13. The number of aromatic nitrogens is 4. The van der Waals surface area contributed by atoms with E-state index in [4.69, 9.17) is 0 Å². The van der Waals surface area contributed by atoms with Crippen LogP contribution in [0.2, 0.25) is 0 Å². The van der Waals surface area contributed by atoms with Gasteiger partial charge in [-0.05, 0) is 172 Å². The molecule has 6 rings (SSSR count). The lowest BCUT2D eigenvalue weighted by Gasteiger charge is -2.28. The number of hydrogen-bond donors (Lipinski definition) is 0. The van der Waals surface area contributed by atoms with Crippen LogP contribution >= 0.6 is 0 Å². The van der Waals surface area contributed by atoms with Gasteiger partial charge in [-0.1, -0.05) is 53.1 Å². The van der Waals surface area contributed by atoms with Crippen molar-refractivity contribution in [2.45, 2.75) is 101 Å². The summed E-state index contributed by atoms with van der Waals surface area (Å²) < 4.78 is 8.93. The van der Waals surface area contributed by atoms with Crippen LogP contribution in [-0.2, 0) is 40.0 Å². The van der Waals surface area contributed by atoms with Gasteiger partial charge in [0.05, 0.1) is 27.2 Å².